The Balaban J connectivity index is 1.30. The molecule has 4 aromatic rings. The molecule has 0 radical (unpaired) electrons. The van der Waals surface area contributed by atoms with Gasteiger partial charge >= 0.3 is 0 Å². The number of carbonyl (C=O) groups excluding carboxylic acids is 3. The summed E-state index contributed by atoms with van der Waals surface area (Å²) in [5.74, 6) is 0.132. The van der Waals surface area contributed by atoms with Gasteiger partial charge < -0.3 is 34.7 Å². The predicted molar refractivity (Wildman–Crippen MR) is 175 cm³/mol. The predicted octanol–water partition coefficient (Wildman–Crippen LogP) is 4.66. The van der Waals surface area contributed by atoms with Crippen molar-refractivity contribution in [3.05, 3.63) is 101 Å². The molecule has 0 aliphatic heterocycles. The van der Waals surface area contributed by atoms with E-state index < -0.39 is 0 Å². The summed E-state index contributed by atoms with van der Waals surface area (Å²) in [5.41, 5.74) is 4.83. The van der Waals surface area contributed by atoms with Crippen LogP contribution >= 0.6 is 0 Å². The van der Waals surface area contributed by atoms with Gasteiger partial charge in [0, 0.05) is 44.3 Å². The summed E-state index contributed by atoms with van der Waals surface area (Å²) < 4.78 is 8.76. The average molecular weight is 597 g/mol. The van der Waals surface area contributed by atoms with Crippen molar-refractivity contribution in [3.8, 4) is 5.75 Å². The smallest absolute Gasteiger partial charge is 0.267 e. The van der Waals surface area contributed by atoms with Crippen molar-refractivity contribution in [1.29, 1.82) is 0 Å². The van der Waals surface area contributed by atoms with Crippen molar-refractivity contribution in [3.63, 3.8) is 0 Å². The van der Waals surface area contributed by atoms with Crippen LogP contribution in [0.3, 0.4) is 0 Å². The van der Waals surface area contributed by atoms with Gasteiger partial charge in [0.1, 0.15) is 11.4 Å². The van der Waals surface area contributed by atoms with E-state index in [1.165, 1.54) is 0 Å². The number of aromatic nitrogens is 2. The first-order chi connectivity index (χ1) is 21.1. The summed E-state index contributed by atoms with van der Waals surface area (Å²) in [7, 11) is 9.21. The van der Waals surface area contributed by atoms with E-state index >= 15 is 0 Å². The molecule has 10 nitrogen and oxygen atoms in total. The zero-order valence-corrected chi connectivity index (χ0v) is 25.9. The molecule has 3 amide bonds. The number of anilines is 2. The maximum Gasteiger partial charge on any atom is 0.267 e. The van der Waals surface area contributed by atoms with Crippen molar-refractivity contribution in [2.24, 2.45) is 14.1 Å². The van der Waals surface area contributed by atoms with Gasteiger partial charge in [-0.05, 0) is 74.6 Å². The normalized spacial score (nSPS) is 11.1. The molecule has 0 aliphatic carbocycles. The summed E-state index contributed by atoms with van der Waals surface area (Å²) >= 11 is 0. The molecule has 10 heteroatoms. The van der Waals surface area contributed by atoms with Crippen LogP contribution in [0.5, 0.6) is 5.75 Å². The van der Waals surface area contributed by atoms with E-state index in [4.69, 9.17) is 4.74 Å². The molecule has 0 aliphatic rings. The third-order valence-electron chi connectivity index (χ3n) is 7.03. The van der Waals surface area contributed by atoms with Crippen molar-refractivity contribution in [2.45, 2.75) is 12.8 Å². The van der Waals surface area contributed by atoms with Crippen LogP contribution in [-0.2, 0) is 25.3 Å². The van der Waals surface area contributed by atoms with Crippen LogP contribution in [0, 0.1) is 0 Å². The minimum Gasteiger partial charge on any atom is -0.497 e. The van der Waals surface area contributed by atoms with E-state index in [1.54, 1.807) is 60.0 Å². The first-order valence-electron chi connectivity index (χ1n) is 14.4. The molecule has 0 unspecified atom stereocenters. The fourth-order valence-corrected chi connectivity index (χ4v) is 4.66. The Kier molecular flexibility index (Phi) is 10.8. The second-order valence-corrected chi connectivity index (χ2v) is 10.9. The number of aryl methyl sites for hydroxylation is 2. The second kappa shape index (κ2) is 14.9. The van der Waals surface area contributed by atoms with Crippen LogP contribution in [0.25, 0.3) is 12.2 Å². The van der Waals surface area contributed by atoms with Gasteiger partial charge in [0.2, 0.25) is 5.91 Å². The minimum absolute atomic E-state index is 0.0989. The van der Waals surface area contributed by atoms with Gasteiger partial charge in [0.25, 0.3) is 11.8 Å². The number of amides is 3. The molecule has 4 rings (SSSR count). The van der Waals surface area contributed by atoms with Crippen molar-refractivity contribution < 1.29 is 19.1 Å². The Labute approximate surface area is 258 Å². The van der Waals surface area contributed by atoms with Crippen LogP contribution in [0.15, 0.2) is 73.1 Å². The van der Waals surface area contributed by atoms with E-state index in [0.717, 1.165) is 35.5 Å². The maximum atomic E-state index is 12.9. The van der Waals surface area contributed by atoms with Gasteiger partial charge in [-0.1, -0.05) is 36.4 Å². The molecule has 2 heterocycles. The number of nitrogens with one attached hydrogen (secondary N) is 3. The Morgan fingerprint density at radius 3 is 2.27 bits per heavy atom. The Hall–Kier alpha value is -5.09. The molecule has 0 spiro atoms. The van der Waals surface area contributed by atoms with Crippen LogP contribution in [-0.4, -0.2) is 66.1 Å². The largest absolute Gasteiger partial charge is 0.497 e. The molecular formula is C34H40N6O4. The van der Waals surface area contributed by atoms with Gasteiger partial charge in [-0.15, -0.1) is 0 Å². The molecule has 0 saturated carbocycles. The van der Waals surface area contributed by atoms with Crippen molar-refractivity contribution in [2.75, 3.05) is 44.9 Å². The Morgan fingerprint density at radius 2 is 1.55 bits per heavy atom. The number of carbonyl (C=O) groups is 3. The standard InChI is InChI=1S/C34H40N6O4/c1-38(2)17-7-16-35-34(43)31-20-28(23-40(31)4)36-32(41)21-29-19-27(22-39(29)3)37-33(42)26-14-12-24(13-15-26)10-11-25-8-6-9-30(18-25)44-5/h6,8-15,18-20,22-23H,7,16-17,21H2,1-5H3,(H,35,43)(H,36,41)(H,37,42)/b11-10+. The lowest BCUT2D eigenvalue weighted by atomic mass is 10.1. The van der Waals surface area contributed by atoms with Gasteiger partial charge in [-0.25, -0.2) is 0 Å². The highest BCUT2D eigenvalue weighted by Crippen LogP contribution is 2.19. The summed E-state index contributed by atoms with van der Waals surface area (Å²) in [4.78, 5) is 40.3. The maximum absolute atomic E-state index is 12.9. The number of rotatable bonds is 13. The SMILES string of the molecule is COc1cccc(/C=C/c2ccc(C(=O)Nc3cc(CC(=O)Nc4cc(C(=O)NCCCN(C)C)n(C)c4)n(C)c3)cc2)c1. The molecule has 2 aromatic carbocycles. The fraction of sp³-hybridized carbons (Fsp3) is 0.265. The number of benzene rings is 2. The first kappa shape index (κ1) is 31.8. The summed E-state index contributed by atoms with van der Waals surface area (Å²) in [6.07, 6.45) is 8.39. The third-order valence-corrected chi connectivity index (χ3v) is 7.03. The molecule has 3 N–H and O–H groups in total. The third kappa shape index (κ3) is 8.95. The monoisotopic (exact) mass is 596 g/mol. The molecule has 0 saturated heterocycles. The van der Waals surface area contributed by atoms with Crippen molar-refractivity contribution >= 4 is 41.2 Å². The second-order valence-electron chi connectivity index (χ2n) is 10.9. The number of methoxy groups -OCH3 is 1. The molecule has 44 heavy (non-hydrogen) atoms. The van der Waals surface area contributed by atoms with E-state index in [1.807, 2.05) is 69.7 Å². The van der Waals surface area contributed by atoms with E-state index in [-0.39, 0.29) is 24.1 Å². The number of hydrogen-bond donors (Lipinski definition) is 3. The number of hydrogen-bond acceptors (Lipinski definition) is 5. The van der Waals surface area contributed by atoms with E-state index in [0.29, 0.717) is 29.2 Å². The fourth-order valence-electron chi connectivity index (χ4n) is 4.66. The van der Waals surface area contributed by atoms with Gasteiger partial charge in [0.15, 0.2) is 0 Å². The first-order valence-corrected chi connectivity index (χ1v) is 14.4. The Bertz CT molecular complexity index is 1630. The van der Waals surface area contributed by atoms with Gasteiger partial charge in [0.05, 0.1) is 24.9 Å². The molecule has 0 fully saturated rings. The number of nitrogens with zero attached hydrogens (tertiary/aromatic N) is 3. The molecular weight excluding hydrogens is 556 g/mol. The van der Waals surface area contributed by atoms with E-state index in [2.05, 4.69) is 20.9 Å². The quantitative estimate of drug-likeness (QED) is 0.154. The van der Waals surface area contributed by atoms with Gasteiger partial charge in [-0.3, -0.25) is 14.4 Å². The lowest BCUT2D eigenvalue weighted by molar-refractivity contribution is -0.115. The minimum atomic E-state index is -0.244. The van der Waals surface area contributed by atoms with Crippen LogP contribution in [0.1, 0.15) is 44.1 Å². The van der Waals surface area contributed by atoms with E-state index in [9.17, 15) is 14.4 Å². The summed E-state index contributed by atoms with van der Waals surface area (Å²) in [5, 5.41) is 8.69. The highest BCUT2D eigenvalue weighted by atomic mass is 16.5. The summed E-state index contributed by atoms with van der Waals surface area (Å²) in [6, 6.07) is 18.5. The molecule has 2 aromatic heterocycles. The average Bonchev–Trinajstić information content (AvgIpc) is 3.54. The molecule has 0 bridgehead atoms. The van der Waals surface area contributed by atoms with Crippen LogP contribution in [0.4, 0.5) is 11.4 Å². The van der Waals surface area contributed by atoms with Crippen LogP contribution in [0.2, 0.25) is 0 Å². The number of ether oxygens (including phenoxy) is 1. The molecule has 0 atom stereocenters. The van der Waals surface area contributed by atoms with Crippen molar-refractivity contribution in [1.82, 2.24) is 19.4 Å². The highest BCUT2D eigenvalue weighted by molar-refractivity contribution is 6.04. The zero-order chi connectivity index (χ0) is 31.6. The Morgan fingerprint density at radius 1 is 0.841 bits per heavy atom. The lowest BCUT2D eigenvalue weighted by Gasteiger charge is -2.10. The van der Waals surface area contributed by atoms with Crippen LogP contribution < -0.4 is 20.7 Å². The topological polar surface area (TPSA) is 110 Å². The van der Waals surface area contributed by atoms with Gasteiger partial charge in [-0.2, -0.15) is 0 Å². The summed E-state index contributed by atoms with van der Waals surface area (Å²) in [6.45, 7) is 1.46. The highest BCUT2D eigenvalue weighted by Gasteiger charge is 2.15. The zero-order valence-electron chi connectivity index (χ0n) is 25.9. The molecule has 230 valence electrons. The lowest BCUT2D eigenvalue weighted by Crippen LogP contribution is -2.28.